The summed E-state index contributed by atoms with van der Waals surface area (Å²) in [5.74, 6) is 0.765. The molecule has 0 bridgehead atoms. The van der Waals surface area contributed by atoms with Gasteiger partial charge in [0.15, 0.2) is 0 Å². The van der Waals surface area contributed by atoms with Crippen molar-refractivity contribution in [2.24, 2.45) is 5.92 Å². The smallest absolute Gasteiger partial charge is 0.229 e. The summed E-state index contributed by atoms with van der Waals surface area (Å²) in [5.41, 5.74) is 1.44. The summed E-state index contributed by atoms with van der Waals surface area (Å²) in [6.45, 7) is 0. The summed E-state index contributed by atoms with van der Waals surface area (Å²) in [5, 5.41) is 9.69. The lowest BCUT2D eigenvalue weighted by Crippen LogP contribution is -2.11. The molecule has 4 nitrogen and oxygen atoms in total. The van der Waals surface area contributed by atoms with Gasteiger partial charge in [-0.05, 0) is 30.0 Å². The van der Waals surface area contributed by atoms with Crippen LogP contribution in [0.15, 0.2) is 18.2 Å². The fraction of sp³-hybridized carbons (Fsp3) is 0.571. The van der Waals surface area contributed by atoms with Gasteiger partial charge in [0.1, 0.15) is 5.75 Å². The molecule has 0 radical (unpaired) electrons. The summed E-state index contributed by atoms with van der Waals surface area (Å²) in [4.78, 5) is 0. The first-order valence-electron chi connectivity index (χ1n) is 6.73. The van der Waals surface area contributed by atoms with Gasteiger partial charge in [0.2, 0.25) is 10.0 Å². The van der Waals surface area contributed by atoms with Crippen LogP contribution in [0.25, 0.3) is 0 Å². The molecule has 0 saturated heterocycles. The largest absolute Gasteiger partial charge is 0.508 e. The van der Waals surface area contributed by atoms with Gasteiger partial charge < -0.3 is 5.11 Å². The highest BCUT2D eigenvalue weighted by Gasteiger charge is 2.15. The number of hydrogen-bond donors (Lipinski definition) is 2. The summed E-state index contributed by atoms with van der Waals surface area (Å²) in [6, 6.07) is 4.98. The molecule has 1 aliphatic carbocycles. The third-order valence-electron chi connectivity index (χ3n) is 3.53. The van der Waals surface area contributed by atoms with Crippen molar-refractivity contribution in [2.75, 3.05) is 11.0 Å². The molecule has 0 heterocycles. The molecule has 106 valence electrons. The second-order valence-corrected chi connectivity index (χ2v) is 7.22. The van der Waals surface area contributed by atoms with Gasteiger partial charge in [-0.25, -0.2) is 8.42 Å². The number of benzene rings is 1. The Kier molecular flexibility index (Phi) is 4.34. The standard InChI is InChI=1S/C14H21NO3S/c1-19(17,18)15-13-8-12(9-14(16)10-13)7-11-5-3-2-4-6-11/h8-11,15-16H,2-7H2,1H3. The lowest BCUT2D eigenvalue weighted by Gasteiger charge is -2.21. The summed E-state index contributed by atoms with van der Waals surface area (Å²) < 4.78 is 24.9. The Morgan fingerprint density at radius 1 is 1.21 bits per heavy atom. The molecule has 1 fully saturated rings. The Bertz CT molecular complexity index is 534. The van der Waals surface area contributed by atoms with E-state index in [0.717, 1.165) is 18.2 Å². The van der Waals surface area contributed by atoms with Gasteiger partial charge in [-0.3, -0.25) is 4.72 Å². The molecule has 19 heavy (non-hydrogen) atoms. The summed E-state index contributed by atoms with van der Waals surface area (Å²) >= 11 is 0. The van der Waals surface area contributed by atoms with Crippen molar-refractivity contribution >= 4 is 15.7 Å². The second-order valence-electron chi connectivity index (χ2n) is 5.47. The molecule has 0 unspecified atom stereocenters. The molecule has 1 aliphatic rings. The average molecular weight is 283 g/mol. The van der Waals surface area contributed by atoms with Gasteiger partial charge >= 0.3 is 0 Å². The zero-order valence-corrected chi connectivity index (χ0v) is 12.0. The zero-order chi connectivity index (χ0) is 13.9. The van der Waals surface area contributed by atoms with Crippen molar-refractivity contribution < 1.29 is 13.5 Å². The van der Waals surface area contributed by atoms with Gasteiger partial charge in [0.25, 0.3) is 0 Å². The first-order chi connectivity index (χ1) is 8.92. The summed E-state index contributed by atoms with van der Waals surface area (Å²) in [6.07, 6.45) is 8.34. The van der Waals surface area contributed by atoms with E-state index in [2.05, 4.69) is 4.72 Å². The van der Waals surface area contributed by atoms with Crippen LogP contribution >= 0.6 is 0 Å². The fourth-order valence-corrected chi connectivity index (χ4v) is 3.34. The highest BCUT2D eigenvalue weighted by Crippen LogP contribution is 2.29. The molecule has 1 aromatic rings. The van der Waals surface area contributed by atoms with Gasteiger partial charge in [-0.1, -0.05) is 32.1 Å². The van der Waals surface area contributed by atoms with E-state index in [-0.39, 0.29) is 5.75 Å². The predicted octanol–water partition coefficient (Wildman–Crippen LogP) is 2.89. The van der Waals surface area contributed by atoms with Crippen LogP contribution in [0.5, 0.6) is 5.75 Å². The average Bonchev–Trinajstić information content (AvgIpc) is 2.26. The first kappa shape index (κ1) is 14.2. The number of rotatable bonds is 4. The van der Waals surface area contributed by atoms with Crippen molar-refractivity contribution in [3.8, 4) is 5.75 Å². The minimum atomic E-state index is -3.30. The molecule has 1 aromatic carbocycles. The maximum absolute atomic E-state index is 11.2. The molecule has 1 saturated carbocycles. The normalized spacial score (nSPS) is 17.3. The maximum Gasteiger partial charge on any atom is 0.229 e. The molecular formula is C14H21NO3S. The molecule has 2 N–H and O–H groups in total. The first-order valence-corrected chi connectivity index (χ1v) is 8.62. The lowest BCUT2D eigenvalue weighted by atomic mass is 9.85. The van der Waals surface area contributed by atoms with Gasteiger partial charge in [-0.15, -0.1) is 0 Å². The van der Waals surface area contributed by atoms with Crippen molar-refractivity contribution in [3.63, 3.8) is 0 Å². The number of phenols is 1. The van der Waals surface area contributed by atoms with Crippen LogP contribution in [-0.4, -0.2) is 19.8 Å². The van der Waals surface area contributed by atoms with E-state index in [1.54, 1.807) is 6.07 Å². The lowest BCUT2D eigenvalue weighted by molar-refractivity contribution is 0.356. The quantitative estimate of drug-likeness (QED) is 0.893. The van der Waals surface area contributed by atoms with E-state index in [1.165, 1.54) is 38.2 Å². The second kappa shape index (κ2) is 5.82. The molecule has 0 amide bonds. The van der Waals surface area contributed by atoms with E-state index in [9.17, 15) is 13.5 Å². The number of anilines is 1. The molecule has 0 atom stereocenters. The van der Waals surface area contributed by atoms with Gasteiger partial charge in [-0.2, -0.15) is 0 Å². The van der Waals surface area contributed by atoms with Crippen LogP contribution in [0.2, 0.25) is 0 Å². The minimum Gasteiger partial charge on any atom is -0.508 e. The third kappa shape index (κ3) is 4.74. The highest BCUT2D eigenvalue weighted by atomic mass is 32.2. The highest BCUT2D eigenvalue weighted by molar-refractivity contribution is 7.92. The number of hydrogen-bond acceptors (Lipinski definition) is 3. The van der Waals surface area contributed by atoms with Crippen molar-refractivity contribution in [3.05, 3.63) is 23.8 Å². The Morgan fingerprint density at radius 3 is 2.53 bits per heavy atom. The maximum atomic E-state index is 11.2. The minimum absolute atomic E-state index is 0.111. The van der Waals surface area contributed by atoms with E-state index in [4.69, 9.17) is 0 Å². The monoisotopic (exact) mass is 283 g/mol. The number of sulfonamides is 1. The Labute approximate surface area is 114 Å². The Balaban J connectivity index is 2.11. The fourth-order valence-electron chi connectivity index (χ4n) is 2.79. The van der Waals surface area contributed by atoms with Gasteiger partial charge in [0, 0.05) is 6.07 Å². The van der Waals surface area contributed by atoms with Crippen LogP contribution < -0.4 is 4.72 Å². The zero-order valence-electron chi connectivity index (χ0n) is 11.2. The number of phenolic OH excluding ortho intramolecular Hbond substituents is 1. The Hall–Kier alpha value is -1.23. The number of nitrogens with one attached hydrogen (secondary N) is 1. The molecule has 0 aromatic heterocycles. The topological polar surface area (TPSA) is 66.4 Å². The third-order valence-corrected chi connectivity index (χ3v) is 4.14. The van der Waals surface area contributed by atoms with Crippen molar-refractivity contribution in [1.29, 1.82) is 0 Å². The van der Waals surface area contributed by atoms with Crippen molar-refractivity contribution in [1.82, 2.24) is 0 Å². The molecule has 2 rings (SSSR count). The van der Waals surface area contributed by atoms with Crippen LogP contribution in [0.1, 0.15) is 37.7 Å². The molecular weight excluding hydrogens is 262 g/mol. The van der Waals surface area contributed by atoms with Crippen LogP contribution in [-0.2, 0) is 16.4 Å². The predicted molar refractivity (Wildman–Crippen MR) is 76.9 cm³/mol. The van der Waals surface area contributed by atoms with E-state index < -0.39 is 10.0 Å². The Morgan fingerprint density at radius 2 is 1.89 bits per heavy atom. The van der Waals surface area contributed by atoms with Crippen molar-refractivity contribution in [2.45, 2.75) is 38.5 Å². The number of aromatic hydroxyl groups is 1. The van der Waals surface area contributed by atoms with E-state index >= 15 is 0 Å². The van der Waals surface area contributed by atoms with Crippen LogP contribution in [0, 0.1) is 5.92 Å². The SMILES string of the molecule is CS(=O)(=O)Nc1cc(O)cc(CC2CCCCC2)c1. The van der Waals surface area contributed by atoms with Crippen LogP contribution in [0.4, 0.5) is 5.69 Å². The van der Waals surface area contributed by atoms with E-state index in [1.807, 2.05) is 6.07 Å². The van der Waals surface area contributed by atoms with Crippen LogP contribution in [0.3, 0.4) is 0 Å². The van der Waals surface area contributed by atoms with Gasteiger partial charge in [0.05, 0.1) is 11.9 Å². The summed E-state index contributed by atoms with van der Waals surface area (Å²) in [7, 11) is -3.30. The molecule has 0 aliphatic heterocycles. The molecule has 0 spiro atoms. The molecule has 5 heteroatoms. The van der Waals surface area contributed by atoms with E-state index in [0.29, 0.717) is 11.6 Å².